The highest BCUT2D eigenvalue weighted by Gasteiger charge is 2.14. The highest BCUT2D eigenvalue weighted by Crippen LogP contribution is 2.37. The zero-order valence-corrected chi connectivity index (χ0v) is 14.7. The van der Waals surface area contributed by atoms with Crippen LogP contribution in [0.3, 0.4) is 0 Å². The number of allylic oxidation sites excluding steroid dienone is 1. The summed E-state index contributed by atoms with van der Waals surface area (Å²) in [6.07, 6.45) is 3.66. The molecule has 1 aliphatic heterocycles. The van der Waals surface area contributed by atoms with Gasteiger partial charge in [0.2, 0.25) is 5.88 Å². The molecular formula is C20H15N3O2S. The maximum Gasteiger partial charge on any atom is 0.231 e. The van der Waals surface area contributed by atoms with Crippen LogP contribution in [0.25, 0.3) is 11.6 Å². The fourth-order valence-electron chi connectivity index (χ4n) is 2.71. The predicted molar refractivity (Wildman–Crippen MR) is 106 cm³/mol. The molecule has 26 heavy (non-hydrogen) atoms. The summed E-state index contributed by atoms with van der Waals surface area (Å²) >= 11 is 1.33. The number of hydrogen-bond acceptors (Lipinski definition) is 6. The van der Waals surface area contributed by atoms with E-state index in [1.165, 1.54) is 18.3 Å². The minimum atomic E-state index is -0.0366. The number of rotatable bonds is 4. The number of ketones is 1. The van der Waals surface area contributed by atoms with Gasteiger partial charge in [-0.15, -0.1) is 0 Å². The Morgan fingerprint density at radius 1 is 1.19 bits per heavy atom. The number of aliphatic imine (C=N–C) groups is 1. The molecule has 1 aromatic heterocycles. The maximum atomic E-state index is 11.5. The van der Waals surface area contributed by atoms with Crippen molar-refractivity contribution in [1.82, 2.24) is 4.98 Å². The number of benzene rings is 2. The average Bonchev–Trinajstić information content (AvgIpc) is 3.19. The van der Waals surface area contributed by atoms with E-state index in [4.69, 9.17) is 0 Å². The van der Waals surface area contributed by atoms with Crippen LogP contribution in [0.5, 0.6) is 5.88 Å². The Bertz CT molecular complexity index is 1070. The Morgan fingerprint density at radius 3 is 2.88 bits per heavy atom. The predicted octanol–water partition coefficient (Wildman–Crippen LogP) is 5.05. The van der Waals surface area contributed by atoms with Crippen LogP contribution in [-0.4, -0.2) is 22.1 Å². The number of carbonyl (C=O) groups is 1. The first-order valence-corrected chi connectivity index (χ1v) is 8.85. The largest absolute Gasteiger partial charge is 0.492 e. The minimum Gasteiger partial charge on any atom is -0.492 e. The molecule has 2 heterocycles. The first-order valence-electron chi connectivity index (χ1n) is 8.03. The molecule has 0 unspecified atom stereocenters. The van der Waals surface area contributed by atoms with Gasteiger partial charge in [-0.25, -0.2) is 0 Å². The van der Waals surface area contributed by atoms with Crippen LogP contribution in [0, 0.1) is 0 Å². The smallest absolute Gasteiger partial charge is 0.231 e. The Kier molecular flexibility index (Phi) is 4.10. The third-order valence-electron chi connectivity index (χ3n) is 4.00. The number of aromatic hydroxyl groups is 1. The summed E-state index contributed by atoms with van der Waals surface area (Å²) in [6, 6.07) is 15.0. The molecule has 6 heteroatoms. The third-order valence-corrected chi connectivity index (χ3v) is 4.91. The van der Waals surface area contributed by atoms with Crippen LogP contribution < -0.4 is 5.32 Å². The van der Waals surface area contributed by atoms with Gasteiger partial charge in [0.05, 0.1) is 10.6 Å². The lowest BCUT2D eigenvalue weighted by Crippen LogP contribution is -1.94. The number of thiazole rings is 1. The van der Waals surface area contributed by atoms with E-state index in [9.17, 15) is 9.90 Å². The molecule has 3 aromatic rings. The van der Waals surface area contributed by atoms with E-state index in [1.807, 2.05) is 36.4 Å². The maximum absolute atomic E-state index is 11.5. The molecule has 5 nitrogen and oxygen atoms in total. The van der Waals surface area contributed by atoms with Gasteiger partial charge in [0, 0.05) is 28.6 Å². The number of Topliss-reactive ketones (excluding diaryl/α,β-unsaturated/α-hetero) is 1. The van der Waals surface area contributed by atoms with Crippen LogP contribution in [0.15, 0.2) is 53.5 Å². The van der Waals surface area contributed by atoms with Crippen LogP contribution in [0.1, 0.15) is 27.7 Å². The molecule has 0 fully saturated rings. The van der Waals surface area contributed by atoms with E-state index in [1.54, 1.807) is 24.4 Å². The lowest BCUT2D eigenvalue weighted by molar-refractivity contribution is 0.101. The first-order chi connectivity index (χ1) is 12.6. The monoisotopic (exact) mass is 361 g/mol. The Balaban J connectivity index is 1.61. The first kappa shape index (κ1) is 16.2. The summed E-state index contributed by atoms with van der Waals surface area (Å²) < 4.78 is 0. The molecule has 1 aliphatic rings. The van der Waals surface area contributed by atoms with Crippen LogP contribution in [0.2, 0.25) is 0 Å². The van der Waals surface area contributed by atoms with Crippen molar-refractivity contribution in [3.8, 4) is 5.88 Å². The van der Waals surface area contributed by atoms with Gasteiger partial charge in [-0.2, -0.15) is 4.98 Å². The highest BCUT2D eigenvalue weighted by atomic mass is 32.1. The van der Waals surface area contributed by atoms with Gasteiger partial charge >= 0.3 is 0 Å². The van der Waals surface area contributed by atoms with Gasteiger partial charge in [-0.05, 0) is 31.2 Å². The molecule has 0 bridgehead atoms. The fourth-order valence-corrected chi connectivity index (χ4v) is 3.54. The van der Waals surface area contributed by atoms with E-state index >= 15 is 0 Å². The molecule has 0 amide bonds. The summed E-state index contributed by atoms with van der Waals surface area (Å²) in [7, 11) is 0. The van der Waals surface area contributed by atoms with Gasteiger partial charge < -0.3 is 10.4 Å². The van der Waals surface area contributed by atoms with Gasteiger partial charge in [0.15, 0.2) is 10.9 Å². The zero-order valence-electron chi connectivity index (χ0n) is 13.9. The van der Waals surface area contributed by atoms with Crippen molar-refractivity contribution in [2.75, 3.05) is 5.32 Å². The summed E-state index contributed by atoms with van der Waals surface area (Å²) in [4.78, 5) is 20.7. The Hall–Kier alpha value is -3.25. The molecule has 4 rings (SSSR count). The van der Waals surface area contributed by atoms with Gasteiger partial charge in [-0.3, -0.25) is 9.79 Å². The van der Waals surface area contributed by atoms with Crippen molar-refractivity contribution in [3.63, 3.8) is 0 Å². The van der Waals surface area contributed by atoms with Gasteiger partial charge in [0.25, 0.3) is 0 Å². The molecule has 0 saturated heterocycles. The summed E-state index contributed by atoms with van der Waals surface area (Å²) in [5, 5.41) is 13.9. The lowest BCUT2D eigenvalue weighted by Gasteiger charge is -2.03. The molecule has 0 spiro atoms. The van der Waals surface area contributed by atoms with E-state index in [-0.39, 0.29) is 11.7 Å². The normalized spacial score (nSPS) is 13.8. The van der Waals surface area contributed by atoms with E-state index < -0.39 is 0 Å². The molecule has 0 atom stereocenters. The van der Waals surface area contributed by atoms with E-state index in [0.717, 1.165) is 22.5 Å². The van der Waals surface area contributed by atoms with Crippen LogP contribution in [0.4, 0.5) is 16.5 Å². The van der Waals surface area contributed by atoms with Crippen LogP contribution >= 0.6 is 11.3 Å². The molecule has 2 aromatic carbocycles. The topological polar surface area (TPSA) is 74.6 Å². The summed E-state index contributed by atoms with van der Waals surface area (Å²) in [5.74, 6) is -0.0363. The van der Waals surface area contributed by atoms with Crippen molar-refractivity contribution in [2.45, 2.75) is 6.92 Å². The second-order valence-corrected chi connectivity index (χ2v) is 6.87. The molecule has 0 radical (unpaired) electrons. The van der Waals surface area contributed by atoms with Gasteiger partial charge in [-0.1, -0.05) is 41.7 Å². The van der Waals surface area contributed by atoms with Crippen molar-refractivity contribution in [2.24, 2.45) is 4.99 Å². The number of carbonyl (C=O) groups excluding carboxylic acids is 1. The third kappa shape index (κ3) is 3.14. The second kappa shape index (κ2) is 6.57. The zero-order chi connectivity index (χ0) is 18.1. The Morgan fingerprint density at radius 2 is 2.04 bits per heavy atom. The van der Waals surface area contributed by atoms with Crippen molar-refractivity contribution < 1.29 is 9.90 Å². The molecule has 0 aliphatic carbocycles. The van der Waals surface area contributed by atoms with Crippen LogP contribution in [-0.2, 0) is 0 Å². The number of nitrogens with zero attached hydrogens (tertiary/aromatic N) is 2. The number of hydrogen-bond donors (Lipinski definition) is 2. The number of anilines is 2. The number of para-hydroxylation sites is 1. The highest BCUT2D eigenvalue weighted by molar-refractivity contribution is 7.16. The van der Waals surface area contributed by atoms with Crippen molar-refractivity contribution in [1.29, 1.82) is 0 Å². The number of aromatic nitrogens is 1. The Labute approximate surface area is 154 Å². The minimum absolute atomic E-state index is 0.000226. The second-order valence-electron chi connectivity index (χ2n) is 5.84. The van der Waals surface area contributed by atoms with Crippen molar-refractivity contribution in [3.05, 3.63) is 64.5 Å². The molecular weight excluding hydrogens is 346 g/mol. The van der Waals surface area contributed by atoms with E-state index in [0.29, 0.717) is 15.6 Å². The fraction of sp³-hybridized carbons (Fsp3) is 0.0500. The summed E-state index contributed by atoms with van der Waals surface area (Å²) in [5.41, 5.74) is 4.26. The standard InChI is InChI=1S/C20H15N3O2S/c1-12(24)13-5-4-6-15(9-13)22-20-23-19(25)18(26-20)10-14-11-21-17-8-3-2-7-16(14)17/h2-11,25H,1H3,(H,22,23)/b14-10-. The van der Waals surface area contributed by atoms with E-state index in [2.05, 4.69) is 15.3 Å². The molecule has 128 valence electrons. The van der Waals surface area contributed by atoms with Crippen molar-refractivity contribution >= 4 is 51.5 Å². The quantitative estimate of drug-likeness (QED) is 0.638. The molecule has 0 saturated carbocycles. The molecule has 2 N–H and O–H groups in total. The number of fused-ring (bicyclic) bond motifs is 1. The lowest BCUT2D eigenvalue weighted by atomic mass is 10.1. The number of nitrogens with one attached hydrogen (secondary N) is 1. The summed E-state index contributed by atoms with van der Waals surface area (Å²) in [6.45, 7) is 1.53. The SMILES string of the molecule is CC(=O)c1cccc(Nc2nc(O)c(/C=C3/C=Nc4ccccc43)s2)c1. The van der Waals surface area contributed by atoms with Gasteiger partial charge in [0.1, 0.15) is 0 Å². The average molecular weight is 361 g/mol.